The molecule has 1 amide bonds. The monoisotopic (exact) mass is 407 g/mol. The lowest BCUT2D eigenvalue weighted by Gasteiger charge is -2.33. The molecule has 4 rings (SSSR count). The molecule has 0 unspecified atom stereocenters. The van der Waals surface area contributed by atoms with E-state index in [4.69, 9.17) is 13.9 Å². The summed E-state index contributed by atoms with van der Waals surface area (Å²) in [4.78, 5) is 23.6. The van der Waals surface area contributed by atoms with Gasteiger partial charge in [0.25, 0.3) is 5.91 Å². The van der Waals surface area contributed by atoms with Gasteiger partial charge in [0.05, 0.1) is 26.0 Å². The van der Waals surface area contributed by atoms with E-state index in [1.165, 1.54) is 0 Å². The minimum absolute atomic E-state index is 0.0672. The first-order valence-electron chi connectivity index (χ1n) is 10.1. The van der Waals surface area contributed by atoms with Gasteiger partial charge in [-0.25, -0.2) is 9.97 Å². The van der Waals surface area contributed by atoms with Crippen molar-refractivity contribution in [2.75, 3.05) is 20.8 Å². The van der Waals surface area contributed by atoms with E-state index in [9.17, 15) is 4.79 Å². The van der Waals surface area contributed by atoms with Crippen molar-refractivity contribution in [3.63, 3.8) is 0 Å². The SMILES string of the molecule is COc1cccc(Cc2cnc([C@H]3CCCCN3C(=O)c3ccc(OC)nc3)o2)c1. The van der Waals surface area contributed by atoms with E-state index in [0.717, 1.165) is 36.3 Å². The standard InChI is InChI=1S/C23H25N3O4/c1-28-18-7-5-6-16(12-18)13-19-15-25-22(30-19)20-8-3-4-11-26(20)23(27)17-9-10-21(29-2)24-14-17/h5-7,9-10,12,14-15,20H,3-4,8,11,13H2,1-2H3/t20-/m1/s1. The van der Waals surface area contributed by atoms with Crippen molar-refractivity contribution in [1.29, 1.82) is 0 Å². The molecule has 1 atom stereocenters. The van der Waals surface area contributed by atoms with Crippen LogP contribution in [0.25, 0.3) is 0 Å². The Labute approximate surface area is 175 Å². The molecule has 0 bridgehead atoms. The number of hydrogen-bond acceptors (Lipinski definition) is 6. The number of carbonyl (C=O) groups excluding carboxylic acids is 1. The predicted octanol–water partition coefficient (Wildman–Crippen LogP) is 4.05. The molecular weight excluding hydrogens is 382 g/mol. The molecule has 0 N–H and O–H groups in total. The maximum absolute atomic E-state index is 13.1. The van der Waals surface area contributed by atoms with Crippen LogP contribution in [0.5, 0.6) is 11.6 Å². The largest absolute Gasteiger partial charge is 0.497 e. The number of oxazole rings is 1. The highest BCUT2D eigenvalue weighted by atomic mass is 16.5. The van der Waals surface area contributed by atoms with Gasteiger partial charge in [0, 0.05) is 25.2 Å². The molecule has 0 spiro atoms. The van der Waals surface area contributed by atoms with E-state index < -0.39 is 0 Å². The lowest BCUT2D eigenvalue weighted by atomic mass is 10.0. The number of piperidine rings is 1. The summed E-state index contributed by atoms with van der Waals surface area (Å²) in [7, 11) is 3.20. The van der Waals surface area contributed by atoms with E-state index >= 15 is 0 Å². The lowest BCUT2D eigenvalue weighted by molar-refractivity contribution is 0.0569. The van der Waals surface area contributed by atoms with Gasteiger partial charge in [0.1, 0.15) is 17.6 Å². The zero-order valence-electron chi connectivity index (χ0n) is 17.2. The van der Waals surface area contributed by atoms with E-state index in [0.29, 0.717) is 30.3 Å². The Morgan fingerprint density at radius 3 is 2.80 bits per heavy atom. The second-order valence-electron chi connectivity index (χ2n) is 7.29. The van der Waals surface area contributed by atoms with Crippen LogP contribution in [0, 0.1) is 0 Å². The Morgan fingerprint density at radius 2 is 2.03 bits per heavy atom. The van der Waals surface area contributed by atoms with Gasteiger partial charge >= 0.3 is 0 Å². The first-order chi connectivity index (χ1) is 14.7. The number of pyridine rings is 1. The lowest BCUT2D eigenvalue weighted by Crippen LogP contribution is -2.38. The van der Waals surface area contributed by atoms with Gasteiger partial charge in [-0.1, -0.05) is 12.1 Å². The summed E-state index contributed by atoms with van der Waals surface area (Å²) in [5.74, 6) is 2.58. The summed E-state index contributed by atoms with van der Waals surface area (Å²) < 4.78 is 16.4. The van der Waals surface area contributed by atoms with E-state index in [1.54, 1.807) is 38.7 Å². The third kappa shape index (κ3) is 4.30. The summed E-state index contributed by atoms with van der Waals surface area (Å²) in [6, 6.07) is 11.1. The summed E-state index contributed by atoms with van der Waals surface area (Å²) in [5.41, 5.74) is 1.61. The number of likely N-dealkylation sites (tertiary alicyclic amines) is 1. The number of ether oxygens (including phenoxy) is 2. The van der Waals surface area contributed by atoms with Gasteiger partial charge < -0.3 is 18.8 Å². The van der Waals surface area contributed by atoms with E-state index in [2.05, 4.69) is 9.97 Å². The molecular formula is C23H25N3O4. The molecule has 1 aliphatic heterocycles. The Morgan fingerprint density at radius 1 is 1.13 bits per heavy atom. The molecule has 1 saturated heterocycles. The molecule has 7 heteroatoms. The second kappa shape index (κ2) is 8.98. The van der Waals surface area contributed by atoms with Crippen LogP contribution in [0.1, 0.15) is 52.9 Å². The fraction of sp³-hybridized carbons (Fsp3) is 0.348. The number of amides is 1. The number of carbonyl (C=O) groups is 1. The molecule has 3 heterocycles. The fourth-order valence-electron chi connectivity index (χ4n) is 3.77. The quantitative estimate of drug-likeness (QED) is 0.614. The minimum Gasteiger partial charge on any atom is -0.497 e. The fourth-order valence-corrected chi connectivity index (χ4v) is 3.77. The third-order valence-electron chi connectivity index (χ3n) is 5.33. The zero-order chi connectivity index (χ0) is 20.9. The smallest absolute Gasteiger partial charge is 0.256 e. The maximum Gasteiger partial charge on any atom is 0.256 e. The van der Waals surface area contributed by atoms with Gasteiger partial charge in [-0.15, -0.1) is 0 Å². The van der Waals surface area contributed by atoms with Crippen molar-refractivity contribution in [2.24, 2.45) is 0 Å². The molecule has 1 aromatic carbocycles. The number of hydrogen-bond donors (Lipinski definition) is 0. The van der Waals surface area contributed by atoms with Gasteiger partial charge in [-0.2, -0.15) is 0 Å². The van der Waals surface area contributed by atoms with Crippen molar-refractivity contribution < 1.29 is 18.7 Å². The van der Waals surface area contributed by atoms with Crippen LogP contribution < -0.4 is 9.47 Å². The average molecular weight is 407 g/mol. The molecule has 30 heavy (non-hydrogen) atoms. The topological polar surface area (TPSA) is 77.7 Å². The van der Waals surface area contributed by atoms with Crippen molar-refractivity contribution in [1.82, 2.24) is 14.9 Å². The van der Waals surface area contributed by atoms with Crippen molar-refractivity contribution >= 4 is 5.91 Å². The third-order valence-corrected chi connectivity index (χ3v) is 5.33. The zero-order valence-corrected chi connectivity index (χ0v) is 17.2. The minimum atomic E-state index is -0.174. The van der Waals surface area contributed by atoms with Crippen molar-refractivity contribution in [3.8, 4) is 11.6 Å². The molecule has 1 aliphatic rings. The van der Waals surface area contributed by atoms with Crippen LogP contribution in [0.4, 0.5) is 0 Å². The van der Waals surface area contributed by atoms with Gasteiger partial charge in [-0.05, 0) is 43.0 Å². The van der Waals surface area contributed by atoms with E-state index in [-0.39, 0.29) is 11.9 Å². The molecule has 1 fully saturated rings. The van der Waals surface area contributed by atoms with Crippen molar-refractivity contribution in [3.05, 3.63) is 71.6 Å². The highest BCUT2D eigenvalue weighted by molar-refractivity contribution is 5.94. The second-order valence-corrected chi connectivity index (χ2v) is 7.29. The maximum atomic E-state index is 13.1. The summed E-state index contributed by atoms with van der Waals surface area (Å²) in [6.45, 7) is 0.670. The van der Waals surface area contributed by atoms with Crippen LogP contribution >= 0.6 is 0 Å². The highest BCUT2D eigenvalue weighted by Crippen LogP contribution is 2.32. The molecule has 156 valence electrons. The Kier molecular flexibility index (Phi) is 5.97. The summed E-state index contributed by atoms with van der Waals surface area (Å²) in [6.07, 6.45) is 6.74. The van der Waals surface area contributed by atoms with E-state index in [1.807, 2.05) is 29.2 Å². The first-order valence-corrected chi connectivity index (χ1v) is 10.1. The number of rotatable bonds is 6. The number of benzene rings is 1. The molecule has 3 aromatic rings. The number of nitrogens with zero attached hydrogens (tertiary/aromatic N) is 3. The molecule has 0 saturated carbocycles. The Hall–Kier alpha value is -3.35. The van der Waals surface area contributed by atoms with Crippen LogP contribution in [-0.4, -0.2) is 41.5 Å². The molecule has 0 aliphatic carbocycles. The van der Waals surface area contributed by atoms with Crippen LogP contribution in [0.15, 0.2) is 53.2 Å². The Balaban J connectivity index is 1.52. The summed E-state index contributed by atoms with van der Waals surface area (Å²) in [5, 5.41) is 0. The average Bonchev–Trinajstić information content (AvgIpc) is 3.27. The summed E-state index contributed by atoms with van der Waals surface area (Å²) >= 11 is 0. The normalized spacial score (nSPS) is 16.3. The van der Waals surface area contributed by atoms with Crippen LogP contribution in [0.2, 0.25) is 0 Å². The molecule has 0 radical (unpaired) electrons. The van der Waals surface area contributed by atoms with Crippen molar-refractivity contribution in [2.45, 2.75) is 31.7 Å². The number of methoxy groups -OCH3 is 2. The molecule has 2 aromatic heterocycles. The van der Waals surface area contributed by atoms with Gasteiger partial charge in [0.15, 0.2) is 0 Å². The Bertz CT molecular complexity index is 1000. The van der Waals surface area contributed by atoms with Gasteiger partial charge in [-0.3, -0.25) is 4.79 Å². The molecule has 7 nitrogen and oxygen atoms in total. The first kappa shape index (κ1) is 19.9. The predicted molar refractivity (Wildman–Crippen MR) is 111 cm³/mol. The van der Waals surface area contributed by atoms with Crippen LogP contribution in [0.3, 0.4) is 0 Å². The van der Waals surface area contributed by atoms with Gasteiger partial charge in [0.2, 0.25) is 11.8 Å². The van der Waals surface area contributed by atoms with Crippen LogP contribution in [-0.2, 0) is 6.42 Å². The number of aromatic nitrogens is 2. The highest BCUT2D eigenvalue weighted by Gasteiger charge is 2.32.